The standard InChI is InChI=1S/C8H5NO2.C7H10O2/c10-7-5-3-1-2-4-6(5)8(11)9-7;1-6(8)9-7-4-2-3-5-7/h1-4H,(H,9,10,11);2,4,7H,3,5H2,1H3/t;7-/m.1/s1. The number of hydrogen-bond acceptors (Lipinski definition) is 4. The molecule has 1 aromatic carbocycles. The molecule has 104 valence electrons. The number of ether oxygens (including phenoxy) is 1. The van der Waals surface area contributed by atoms with Gasteiger partial charge < -0.3 is 4.74 Å². The Labute approximate surface area is 116 Å². The fraction of sp³-hybridized carbons (Fsp3) is 0.267. The van der Waals surface area contributed by atoms with E-state index in [9.17, 15) is 14.4 Å². The van der Waals surface area contributed by atoms with Crippen molar-refractivity contribution in [3.05, 3.63) is 47.5 Å². The summed E-state index contributed by atoms with van der Waals surface area (Å²) in [4.78, 5) is 32.2. The van der Waals surface area contributed by atoms with Crippen molar-refractivity contribution in [2.24, 2.45) is 0 Å². The molecule has 1 N–H and O–H groups in total. The monoisotopic (exact) mass is 273 g/mol. The van der Waals surface area contributed by atoms with Crippen LogP contribution in [0.5, 0.6) is 0 Å². The van der Waals surface area contributed by atoms with Crippen molar-refractivity contribution < 1.29 is 19.1 Å². The number of fused-ring (bicyclic) bond motifs is 1. The number of carbonyl (C=O) groups is 3. The Bertz CT molecular complexity index is 544. The van der Waals surface area contributed by atoms with E-state index < -0.39 is 0 Å². The van der Waals surface area contributed by atoms with Gasteiger partial charge in [0.25, 0.3) is 11.8 Å². The van der Waals surface area contributed by atoms with Crippen LogP contribution in [0.1, 0.15) is 40.5 Å². The van der Waals surface area contributed by atoms with E-state index in [-0.39, 0.29) is 23.9 Å². The van der Waals surface area contributed by atoms with Gasteiger partial charge in [-0.05, 0) is 31.1 Å². The zero-order valence-electron chi connectivity index (χ0n) is 11.1. The number of rotatable bonds is 1. The lowest BCUT2D eigenvalue weighted by molar-refractivity contribution is -0.144. The maximum absolute atomic E-state index is 10.9. The van der Waals surface area contributed by atoms with E-state index in [1.807, 2.05) is 12.2 Å². The van der Waals surface area contributed by atoms with Gasteiger partial charge in [0.15, 0.2) is 0 Å². The van der Waals surface area contributed by atoms with Crippen LogP contribution in [0.15, 0.2) is 36.4 Å². The highest BCUT2D eigenvalue weighted by atomic mass is 16.5. The molecule has 0 radical (unpaired) electrons. The van der Waals surface area contributed by atoms with E-state index >= 15 is 0 Å². The maximum atomic E-state index is 10.9. The van der Waals surface area contributed by atoms with Gasteiger partial charge in [0, 0.05) is 6.92 Å². The van der Waals surface area contributed by atoms with E-state index in [0.717, 1.165) is 12.8 Å². The molecule has 1 heterocycles. The van der Waals surface area contributed by atoms with Gasteiger partial charge in [-0.3, -0.25) is 19.7 Å². The van der Waals surface area contributed by atoms with Crippen molar-refractivity contribution >= 4 is 17.8 Å². The minimum absolute atomic E-state index is 0.0579. The number of allylic oxidation sites excluding steroid dienone is 1. The number of imide groups is 1. The summed E-state index contributed by atoms with van der Waals surface area (Å²) in [6.45, 7) is 1.44. The van der Waals surface area contributed by atoms with Gasteiger partial charge in [-0.15, -0.1) is 0 Å². The predicted molar refractivity (Wildman–Crippen MR) is 72.2 cm³/mol. The normalized spacial score (nSPS) is 18.9. The summed E-state index contributed by atoms with van der Waals surface area (Å²) in [7, 11) is 0. The molecule has 3 rings (SSSR count). The molecule has 0 unspecified atom stereocenters. The lowest BCUT2D eigenvalue weighted by Gasteiger charge is -2.05. The molecule has 0 fully saturated rings. The molecule has 2 amide bonds. The first-order valence-electron chi connectivity index (χ1n) is 6.36. The van der Waals surface area contributed by atoms with Crippen LogP contribution < -0.4 is 5.32 Å². The minimum atomic E-state index is -0.300. The molecule has 0 saturated carbocycles. The fourth-order valence-electron chi connectivity index (χ4n) is 2.03. The van der Waals surface area contributed by atoms with E-state index in [1.54, 1.807) is 24.3 Å². The van der Waals surface area contributed by atoms with Gasteiger partial charge >= 0.3 is 5.97 Å². The summed E-state index contributed by atoms with van der Waals surface area (Å²) in [5, 5.41) is 2.20. The molecule has 0 spiro atoms. The lowest BCUT2D eigenvalue weighted by atomic mass is 10.1. The second-order valence-corrected chi connectivity index (χ2v) is 4.48. The number of benzene rings is 1. The van der Waals surface area contributed by atoms with Crippen LogP contribution in [0.4, 0.5) is 0 Å². The number of carbonyl (C=O) groups excluding carboxylic acids is 3. The minimum Gasteiger partial charge on any atom is -0.458 e. The Morgan fingerprint density at radius 2 is 1.80 bits per heavy atom. The Morgan fingerprint density at radius 3 is 2.25 bits per heavy atom. The largest absolute Gasteiger partial charge is 0.458 e. The summed E-state index contributed by atoms with van der Waals surface area (Å²) in [6.07, 6.45) is 6.02. The Hall–Kier alpha value is -2.43. The molecular formula is C15H15NO4. The maximum Gasteiger partial charge on any atom is 0.303 e. The molecule has 2 aliphatic rings. The average molecular weight is 273 g/mol. The third kappa shape index (κ3) is 3.32. The molecule has 5 nitrogen and oxygen atoms in total. The van der Waals surface area contributed by atoms with Crippen LogP contribution >= 0.6 is 0 Å². The second-order valence-electron chi connectivity index (χ2n) is 4.48. The van der Waals surface area contributed by atoms with E-state index in [2.05, 4.69) is 5.32 Å². The molecule has 20 heavy (non-hydrogen) atoms. The molecule has 0 saturated heterocycles. The van der Waals surface area contributed by atoms with E-state index in [0.29, 0.717) is 11.1 Å². The van der Waals surface area contributed by atoms with Crippen LogP contribution in [0.2, 0.25) is 0 Å². The number of hydrogen-bond donors (Lipinski definition) is 1. The summed E-state index contributed by atoms with van der Waals surface area (Å²) < 4.78 is 4.89. The van der Waals surface area contributed by atoms with Crippen molar-refractivity contribution in [1.82, 2.24) is 5.32 Å². The predicted octanol–water partition coefficient (Wildman–Crippen LogP) is 1.84. The quantitative estimate of drug-likeness (QED) is 0.481. The first kappa shape index (κ1) is 14.0. The van der Waals surface area contributed by atoms with Crippen molar-refractivity contribution in [1.29, 1.82) is 0 Å². The molecule has 1 aliphatic heterocycles. The molecule has 5 heteroatoms. The molecule has 1 atom stereocenters. The SMILES string of the molecule is CC(=O)O[C@@H]1C=CCC1.O=C1NC(=O)c2ccccc21. The van der Waals surface area contributed by atoms with Gasteiger partial charge in [0.2, 0.25) is 0 Å². The van der Waals surface area contributed by atoms with Crippen LogP contribution in [-0.2, 0) is 9.53 Å². The number of nitrogens with one attached hydrogen (secondary N) is 1. The van der Waals surface area contributed by atoms with Crippen LogP contribution in [-0.4, -0.2) is 23.9 Å². The zero-order valence-corrected chi connectivity index (χ0v) is 11.1. The van der Waals surface area contributed by atoms with Crippen molar-refractivity contribution in [2.75, 3.05) is 0 Å². The van der Waals surface area contributed by atoms with Crippen molar-refractivity contribution in [2.45, 2.75) is 25.9 Å². The summed E-state index contributed by atoms with van der Waals surface area (Å²) in [5.41, 5.74) is 0.940. The highest BCUT2D eigenvalue weighted by molar-refractivity contribution is 6.21. The Morgan fingerprint density at radius 1 is 1.20 bits per heavy atom. The zero-order chi connectivity index (χ0) is 14.5. The highest BCUT2D eigenvalue weighted by Gasteiger charge is 2.25. The summed E-state index contributed by atoms with van der Waals surface area (Å²) in [6, 6.07) is 6.74. The first-order valence-corrected chi connectivity index (χ1v) is 6.36. The molecule has 0 bridgehead atoms. The van der Waals surface area contributed by atoms with Gasteiger partial charge in [-0.2, -0.15) is 0 Å². The first-order chi connectivity index (χ1) is 9.58. The Balaban J connectivity index is 0.000000151. The van der Waals surface area contributed by atoms with Gasteiger partial charge in [-0.25, -0.2) is 0 Å². The highest BCUT2D eigenvalue weighted by Crippen LogP contribution is 2.13. The van der Waals surface area contributed by atoms with E-state index in [4.69, 9.17) is 4.74 Å². The molecular weight excluding hydrogens is 258 g/mol. The van der Waals surface area contributed by atoms with E-state index in [1.165, 1.54) is 6.92 Å². The van der Waals surface area contributed by atoms with Crippen LogP contribution in [0.25, 0.3) is 0 Å². The van der Waals surface area contributed by atoms with Gasteiger partial charge in [-0.1, -0.05) is 18.2 Å². The molecule has 1 aromatic rings. The third-order valence-corrected chi connectivity index (χ3v) is 2.93. The van der Waals surface area contributed by atoms with Crippen molar-refractivity contribution in [3.63, 3.8) is 0 Å². The Kier molecular flexibility index (Phi) is 4.30. The lowest BCUT2D eigenvalue weighted by Crippen LogP contribution is -2.19. The van der Waals surface area contributed by atoms with Gasteiger partial charge in [0.05, 0.1) is 11.1 Å². The fourth-order valence-corrected chi connectivity index (χ4v) is 2.03. The van der Waals surface area contributed by atoms with Crippen LogP contribution in [0, 0.1) is 0 Å². The summed E-state index contributed by atoms with van der Waals surface area (Å²) in [5.74, 6) is -0.789. The smallest absolute Gasteiger partial charge is 0.303 e. The average Bonchev–Trinajstić information content (AvgIpc) is 3.00. The second kappa shape index (κ2) is 6.14. The summed E-state index contributed by atoms with van der Waals surface area (Å²) >= 11 is 0. The molecule has 1 aliphatic carbocycles. The topological polar surface area (TPSA) is 72.5 Å². The van der Waals surface area contributed by atoms with Crippen molar-refractivity contribution in [3.8, 4) is 0 Å². The van der Waals surface area contributed by atoms with Crippen LogP contribution in [0.3, 0.4) is 0 Å². The number of amides is 2. The van der Waals surface area contributed by atoms with Gasteiger partial charge in [0.1, 0.15) is 6.10 Å². The third-order valence-electron chi connectivity index (χ3n) is 2.93. The molecule has 0 aromatic heterocycles. The number of esters is 1.